The quantitative estimate of drug-likeness (QED) is 0.473. The molecule has 1 saturated heterocycles. The Balaban J connectivity index is 1.95. The van der Waals surface area contributed by atoms with Gasteiger partial charge in [-0.15, -0.1) is 0 Å². The van der Waals surface area contributed by atoms with Gasteiger partial charge in [0.25, 0.3) is 0 Å². The average molecular weight is 232 g/mol. The van der Waals surface area contributed by atoms with E-state index in [9.17, 15) is 4.79 Å². The topological polar surface area (TPSA) is 26.3 Å². The number of hydrogen-bond donors (Lipinski definition) is 0. The molecular formula is C15H20O2. The predicted octanol–water partition coefficient (Wildman–Crippen LogP) is 3.24. The summed E-state index contributed by atoms with van der Waals surface area (Å²) in [4.78, 5) is 11.7. The molecule has 3 aliphatic rings. The van der Waals surface area contributed by atoms with Gasteiger partial charge in [-0.25, -0.2) is 0 Å². The second-order valence-corrected chi connectivity index (χ2v) is 5.88. The Kier molecular flexibility index (Phi) is 2.42. The lowest BCUT2D eigenvalue weighted by Crippen LogP contribution is -2.20. The summed E-state index contributed by atoms with van der Waals surface area (Å²) in [5.74, 6) is 1.10. The third-order valence-corrected chi connectivity index (χ3v) is 4.94. The Labute approximate surface area is 103 Å². The van der Waals surface area contributed by atoms with Crippen LogP contribution in [0.2, 0.25) is 0 Å². The van der Waals surface area contributed by atoms with Crippen LogP contribution in [0.15, 0.2) is 22.8 Å². The first-order valence-corrected chi connectivity index (χ1v) is 6.63. The Bertz CT molecular complexity index is 430. The maximum atomic E-state index is 11.7. The molecule has 2 nitrogen and oxygen atoms in total. The van der Waals surface area contributed by atoms with Gasteiger partial charge in [0.1, 0.15) is 6.10 Å². The third kappa shape index (κ3) is 1.57. The van der Waals surface area contributed by atoms with E-state index in [0.717, 1.165) is 19.3 Å². The van der Waals surface area contributed by atoms with Crippen molar-refractivity contribution >= 4 is 5.97 Å². The molecule has 4 unspecified atom stereocenters. The van der Waals surface area contributed by atoms with E-state index in [1.807, 2.05) is 6.92 Å². The van der Waals surface area contributed by atoms with Crippen LogP contribution >= 0.6 is 0 Å². The van der Waals surface area contributed by atoms with Gasteiger partial charge >= 0.3 is 5.97 Å². The molecule has 0 saturated carbocycles. The minimum Gasteiger partial charge on any atom is -0.461 e. The minimum atomic E-state index is 0.0101. The zero-order valence-electron chi connectivity index (χ0n) is 10.8. The summed E-state index contributed by atoms with van der Waals surface area (Å²) in [7, 11) is 0. The van der Waals surface area contributed by atoms with Crippen molar-refractivity contribution in [2.75, 3.05) is 0 Å². The number of esters is 1. The van der Waals surface area contributed by atoms with Crippen LogP contribution in [0, 0.1) is 17.8 Å². The molecule has 0 amide bonds. The third-order valence-electron chi connectivity index (χ3n) is 4.94. The fourth-order valence-electron chi connectivity index (χ4n) is 3.72. The van der Waals surface area contributed by atoms with Crippen LogP contribution in [-0.2, 0) is 9.53 Å². The lowest BCUT2D eigenvalue weighted by atomic mass is 9.82. The van der Waals surface area contributed by atoms with E-state index in [1.54, 1.807) is 5.57 Å². The number of hydrogen-bond acceptors (Lipinski definition) is 2. The molecule has 0 radical (unpaired) electrons. The smallest absolute Gasteiger partial charge is 0.309 e. The standard InChI is InChI=1S/C15H20O2/c1-8-4-5-11-9(2)6-14-13(7-12(8)11)10(3)15(16)17-14/h4,10,12-14H,5-7H2,1-3H3. The normalized spacial score (nSPS) is 40.6. The van der Waals surface area contributed by atoms with Crippen molar-refractivity contribution in [2.45, 2.75) is 46.1 Å². The van der Waals surface area contributed by atoms with Gasteiger partial charge < -0.3 is 4.74 Å². The molecule has 17 heavy (non-hydrogen) atoms. The van der Waals surface area contributed by atoms with Gasteiger partial charge in [0.15, 0.2) is 0 Å². The fourth-order valence-corrected chi connectivity index (χ4v) is 3.72. The second kappa shape index (κ2) is 3.72. The summed E-state index contributed by atoms with van der Waals surface area (Å²) < 4.78 is 5.54. The number of ether oxygens (including phenoxy) is 1. The lowest BCUT2D eigenvalue weighted by molar-refractivity contribution is -0.143. The number of allylic oxidation sites excluding steroid dienone is 3. The summed E-state index contributed by atoms with van der Waals surface area (Å²) in [5.41, 5.74) is 4.55. The van der Waals surface area contributed by atoms with Crippen molar-refractivity contribution in [3.8, 4) is 0 Å². The highest BCUT2D eigenvalue weighted by Gasteiger charge is 2.45. The van der Waals surface area contributed by atoms with Crippen LogP contribution in [0.1, 0.15) is 40.0 Å². The van der Waals surface area contributed by atoms with Crippen LogP contribution in [0.5, 0.6) is 0 Å². The number of carbonyl (C=O) groups excluding carboxylic acids is 1. The highest BCUT2D eigenvalue weighted by atomic mass is 16.6. The Morgan fingerprint density at radius 1 is 1.35 bits per heavy atom. The van der Waals surface area contributed by atoms with Crippen LogP contribution < -0.4 is 0 Å². The van der Waals surface area contributed by atoms with E-state index in [0.29, 0.717) is 11.8 Å². The molecule has 92 valence electrons. The molecule has 2 aliphatic carbocycles. The van der Waals surface area contributed by atoms with Crippen molar-refractivity contribution in [1.29, 1.82) is 0 Å². The summed E-state index contributed by atoms with van der Waals surface area (Å²) >= 11 is 0. The fraction of sp³-hybridized carbons (Fsp3) is 0.667. The first-order valence-electron chi connectivity index (χ1n) is 6.63. The highest BCUT2D eigenvalue weighted by molar-refractivity contribution is 5.75. The van der Waals surface area contributed by atoms with E-state index in [1.165, 1.54) is 11.1 Å². The number of rotatable bonds is 0. The summed E-state index contributed by atoms with van der Waals surface area (Å²) in [6, 6.07) is 0. The largest absolute Gasteiger partial charge is 0.461 e. The Hall–Kier alpha value is -1.05. The molecule has 4 atom stereocenters. The summed E-state index contributed by atoms with van der Waals surface area (Å²) in [5, 5.41) is 0. The van der Waals surface area contributed by atoms with Crippen molar-refractivity contribution in [3.05, 3.63) is 22.8 Å². The van der Waals surface area contributed by atoms with Crippen LogP contribution in [0.25, 0.3) is 0 Å². The molecule has 0 aromatic heterocycles. The zero-order valence-corrected chi connectivity index (χ0v) is 10.8. The molecule has 0 aromatic carbocycles. The number of fused-ring (bicyclic) bond motifs is 2. The van der Waals surface area contributed by atoms with Crippen LogP contribution in [0.4, 0.5) is 0 Å². The van der Waals surface area contributed by atoms with E-state index < -0.39 is 0 Å². The molecule has 3 rings (SSSR count). The molecular weight excluding hydrogens is 212 g/mol. The molecule has 0 spiro atoms. The number of carbonyl (C=O) groups is 1. The second-order valence-electron chi connectivity index (χ2n) is 5.88. The molecule has 1 aliphatic heterocycles. The van der Waals surface area contributed by atoms with Crippen LogP contribution in [0.3, 0.4) is 0 Å². The van der Waals surface area contributed by atoms with E-state index in [4.69, 9.17) is 4.74 Å². The molecule has 1 fully saturated rings. The van der Waals surface area contributed by atoms with E-state index in [2.05, 4.69) is 19.9 Å². The maximum Gasteiger partial charge on any atom is 0.309 e. The van der Waals surface area contributed by atoms with Gasteiger partial charge in [0.05, 0.1) is 5.92 Å². The van der Waals surface area contributed by atoms with E-state index >= 15 is 0 Å². The first-order chi connectivity index (χ1) is 8.08. The molecule has 0 aromatic rings. The maximum absolute atomic E-state index is 11.7. The molecule has 0 bridgehead atoms. The molecule has 0 N–H and O–H groups in total. The Morgan fingerprint density at radius 3 is 2.88 bits per heavy atom. The van der Waals surface area contributed by atoms with Gasteiger partial charge in [0, 0.05) is 18.3 Å². The van der Waals surface area contributed by atoms with Crippen molar-refractivity contribution in [1.82, 2.24) is 0 Å². The van der Waals surface area contributed by atoms with Crippen molar-refractivity contribution in [2.24, 2.45) is 17.8 Å². The molecule has 1 heterocycles. The minimum absolute atomic E-state index is 0.0101. The highest BCUT2D eigenvalue weighted by Crippen LogP contribution is 2.47. The van der Waals surface area contributed by atoms with Crippen LogP contribution in [-0.4, -0.2) is 12.1 Å². The van der Waals surface area contributed by atoms with Gasteiger partial charge in [-0.05, 0) is 26.7 Å². The lowest BCUT2D eigenvalue weighted by Gasteiger charge is -2.20. The van der Waals surface area contributed by atoms with Gasteiger partial charge in [-0.3, -0.25) is 4.79 Å². The van der Waals surface area contributed by atoms with Gasteiger partial charge in [0.2, 0.25) is 0 Å². The van der Waals surface area contributed by atoms with Crippen molar-refractivity contribution < 1.29 is 9.53 Å². The monoisotopic (exact) mass is 232 g/mol. The summed E-state index contributed by atoms with van der Waals surface area (Å²) in [6.07, 6.45) is 5.67. The molecule has 2 heteroatoms. The van der Waals surface area contributed by atoms with Gasteiger partial charge in [-0.2, -0.15) is 0 Å². The average Bonchev–Trinajstić information content (AvgIpc) is 2.71. The van der Waals surface area contributed by atoms with Crippen molar-refractivity contribution in [3.63, 3.8) is 0 Å². The first kappa shape index (κ1) is 11.1. The zero-order chi connectivity index (χ0) is 12.2. The Morgan fingerprint density at radius 2 is 2.12 bits per heavy atom. The van der Waals surface area contributed by atoms with Gasteiger partial charge in [-0.1, -0.05) is 29.7 Å². The SMILES string of the molecule is CC1=CCC2=C(C)CC3OC(=O)C(C)C3CC12. The predicted molar refractivity (Wildman–Crippen MR) is 66.3 cm³/mol. The van der Waals surface area contributed by atoms with E-state index in [-0.39, 0.29) is 18.0 Å². The summed E-state index contributed by atoms with van der Waals surface area (Å²) in [6.45, 7) is 6.48.